The first-order valence-corrected chi connectivity index (χ1v) is 6.91. The molecule has 0 aliphatic heterocycles. The summed E-state index contributed by atoms with van der Waals surface area (Å²) in [5.41, 5.74) is 0.767. The lowest BCUT2D eigenvalue weighted by molar-refractivity contribution is -0.120. The van der Waals surface area contributed by atoms with Crippen molar-refractivity contribution in [1.82, 2.24) is 0 Å². The molecule has 1 N–H and O–H groups in total. The Hall–Kier alpha value is -1.98. The maximum absolute atomic E-state index is 13.2. The quantitative estimate of drug-likeness (QED) is 0.931. The molecular weight excluding hydrogens is 312 g/mol. The molecule has 2 rings (SSSR count). The summed E-state index contributed by atoms with van der Waals surface area (Å²) in [7, 11) is 1.43. The normalized spacial score (nSPS) is 12.0. The molecule has 0 bridgehead atoms. The van der Waals surface area contributed by atoms with E-state index in [1.165, 1.54) is 18.0 Å². The lowest BCUT2D eigenvalue weighted by Crippen LogP contribution is -2.27. The van der Waals surface area contributed by atoms with E-state index in [0.717, 1.165) is 12.1 Å². The van der Waals surface area contributed by atoms with Crippen LogP contribution < -0.4 is 4.90 Å². The Morgan fingerprint density at radius 1 is 1.18 bits per heavy atom. The second-order valence-corrected chi connectivity index (χ2v) is 5.26. The van der Waals surface area contributed by atoms with Crippen LogP contribution in [0.4, 0.5) is 14.5 Å². The van der Waals surface area contributed by atoms with Gasteiger partial charge in [0, 0.05) is 23.8 Å². The molecule has 0 aliphatic rings. The average molecular weight is 326 g/mol. The van der Waals surface area contributed by atoms with Gasteiger partial charge in [-0.1, -0.05) is 23.7 Å². The van der Waals surface area contributed by atoms with Gasteiger partial charge < -0.3 is 10.0 Å². The van der Waals surface area contributed by atoms with Crippen LogP contribution in [-0.2, 0) is 4.79 Å². The minimum Gasteiger partial charge on any atom is -0.388 e. The van der Waals surface area contributed by atoms with Gasteiger partial charge >= 0.3 is 0 Å². The van der Waals surface area contributed by atoms with Crippen molar-refractivity contribution in [2.24, 2.45) is 0 Å². The van der Waals surface area contributed by atoms with E-state index in [-0.39, 0.29) is 12.1 Å². The van der Waals surface area contributed by atoms with Crippen LogP contribution in [0.5, 0.6) is 0 Å². The highest BCUT2D eigenvalue weighted by Gasteiger charge is 2.18. The molecule has 0 aromatic heterocycles. The number of halogens is 3. The number of aliphatic hydroxyl groups excluding tert-OH is 1. The van der Waals surface area contributed by atoms with Gasteiger partial charge in [0.15, 0.2) is 11.6 Å². The molecule has 0 spiro atoms. The topological polar surface area (TPSA) is 40.5 Å². The highest BCUT2D eigenvalue weighted by molar-refractivity contribution is 6.30. The summed E-state index contributed by atoms with van der Waals surface area (Å²) in [4.78, 5) is 13.3. The van der Waals surface area contributed by atoms with Crippen molar-refractivity contribution in [3.63, 3.8) is 0 Å². The van der Waals surface area contributed by atoms with Gasteiger partial charge in [-0.05, 0) is 29.8 Å². The molecule has 0 saturated heterocycles. The predicted molar refractivity (Wildman–Crippen MR) is 80.8 cm³/mol. The smallest absolute Gasteiger partial charge is 0.229 e. The van der Waals surface area contributed by atoms with Crippen molar-refractivity contribution >= 4 is 23.2 Å². The van der Waals surface area contributed by atoms with Crippen molar-refractivity contribution in [1.29, 1.82) is 0 Å². The molecule has 2 aromatic carbocycles. The number of hydrogen-bond donors (Lipinski definition) is 1. The fourth-order valence-corrected chi connectivity index (χ4v) is 2.07. The molecular formula is C16H14ClF2NO2. The van der Waals surface area contributed by atoms with Gasteiger partial charge in [0.05, 0.1) is 12.5 Å². The Labute approximate surface area is 131 Å². The van der Waals surface area contributed by atoms with Crippen molar-refractivity contribution in [2.45, 2.75) is 12.5 Å². The van der Waals surface area contributed by atoms with E-state index in [0.29, 0.717) is 10.6 Å². The summed E-state index contributed by atoms with van der Waals surface area (Å²) >= 11 is 5.76. The molecule has 0 saturated carbocycles. The fourth-order valence-electron chi connectivity index (χ4n) is 1.94. The lowest BCUT2D eigenvalue weighted by Gasteiger charge is -2.19. The Morgan fingerprint density at radius 3 is 2.41 bits per heavy atom. The van der Waals surface area contributed by atoms with Crippen molar-refractivity contribution < 1.29 is 18.7 Å². The number of aliphatic hydroxyl groups is 1. The molecule has 0 heterocycles. The highest BCUT2D eigenvalue weighted by Crippen LogP contribution is 2.22. The molecule has 2 aromatic rings. The van der Waals surface area contributed by atoms with Crippen LogP contribution in [0.15, 0.2) is 42.5 Å². The second-order valence-electron chi connectivity index (χ2n) is 4.82. The van der Waals surface area contributed by atoms with Crippen LogP contribution in [0.3, 0.4) is 0 Å². The molecule has 3 nitrogen and oxygen atoms in total. The number of nitrogens with zero attached hydrogens (tertiary/aromatic N) is 1. The molecule has 22 heavy (non-hydrogen) atoms. The van der Waals surface area contributed by atoms with E-state index in [1.807, 2.05) is 0 Å². The van der Waals surface area contributed by atoms with Gasteiger partial charge in [0.25, 0.3) is 0 Å². The summed E-state index contributed by atoms with van der Waals surface area (Å²) in [5, 5.41) is 10.6. The van der Waals surface area contributed by atoms with Gasteiger partial charge in [-0.25, -0.2) is 8.78 Å². The number of hydrogen-bond acceptors (Lipinski definition) is 2. The third kappa shape index (κ3) is 3.81. The maximum Gasteiger partial charge on any atom is 0.229 e. The fraction of sp³-hybridized carbons (Fsp3) is 0.188. The molecule has 0 fully saturated rings. The van der Waals surface area contributed by atoms with Crippen LogP contribution >= 0.6 is 11.6 Å². The largest absolute Gasteiger partial charge is 0.388 e. The van der Waals surface area contributed by atoms with Gasteiger partial charge in [-0.3, -0.25) is 4.79 Å². The first kappa shape index (κ1) is 16.4. The maximum atomic E-state index is 13.2. The van der Waals surface area contributed by atoms with E-state index in [1.54, 1.807) is 24.3 Å². The summed E-state index contributed by atoms with van der Waals surface area (Å²) in [6, 6.07) is 9.65. The molecule has 0 radical (unpaired) electrons. The first-order valence-electron chi connectivity index (χ1n) is 6.53. The monoisotopic (exact) mass is 325 g/mol. The Kier molecular flexibility index (Phi) is 5.11. The zero-order valence-electron chi connectivity index (χ0n) is 11.8. The zero-order valence-corrected chi connectivity index (χ0v) is 12.5. The van der Waals surface area contributed by atoms with Crippen LogP contribution in [0.2, 0.25) is 5.02 Å². The Morgan fingerprint density at radius 2 is 1.82 bits per heavy atom. The molecule has 1 unspecified atom stereocenters. The number of carbonyl (C=O) groups excluding carboxylic acids is 1. The Bertz CT molecular complexity index is 676. The second kappa shape index (κ2) is 6.85. The van der Waals surface area contributed by atoms with Gasteiger partial charge in [-0.2, -0.15) is 0 Å². The van der Waals surface area contributed by atoms with E-state index in [4.69, 9.17) is 11.6 Å². The van der Waals surface area contributed by atoms with Crippen molar-refractivity contribution in [2.75, 3.05) is 11.9 Å². The Balaban J connectivity index is 2.07. The third-order valence-electron chi connectivity index (χ3n) is 3.29. The number of rotatable bonds is 4. The lowest BCUT2D eigenvalue weighted by atomic mass is 10.1. The third-order valence-corrected chi connectivity index (χ3v) is 3.54. The molecule has 1 amide bonds. The number of amides is 1. The van der Waals surface area contributed by atoms with Crippen molar-refractivity contribution in [3.8, 4) is 0 Å². The summed E-state index contributed by atoms with van der Waals surface area (Å²) in [6.07, 6.45) is -1.19. The predicted octanol–water partition coefficient (Wildman–Crippen LogP) is 3.70. The zero-order chi connectivity index (χ0) is 16.3. The van der Waals surface area contributed by atoms with E-state index < -0.39 is 23.6 Å². The van der Waals surface area contributed by atoms with E-state index in [9.17, 15) is 18.7 Å². The summed E-state index contributed by atoms with van der Waals surface area (Å²) < 4.78 is 26.1. The van der Waals surface area contributed by atoms with Gasteiger partial charge in [0.2, 0.25) is 5.91 Å². The van der Waals surface area contributed by atoms with Crippen molar-refractivity contribution in [3.05, 3.63) is 64.7 Å². The van der Waals surface area contributed by atoms with Crippen LogP contribution in [0, 0.1) is 11.6 Å². The average Bonchev–Trinajstić information content (AvgIpc) is 2.49. The van der Waals surface area contributed by atoms with Gasteiger partial charge in [0.1, 0.15) is 0 Å². The van der Waals surface area contributed by atoms with E-state index >= 15 is 0 Å². The van der Waals surface area contributed by atoms with Crippen LogP contribution in [0.1, 0.15) is 18.1 Å². The number of benzene rings is 2. The molecule has 6 heteroatoms. The number of carbonyl (C=O) groups is 1. The molecule has 0 aliphatic carbocycles. The minimum atomic E-state index is -1.03. The van der Waals surface area contributed by atoms with Crippen LogP contribution in [0.25, 0.3) is 0 Å². The van der Waals surface area contributed by atoms with Crippen LogP contribution in [-0.4, -0.2) is 18.1 Å². The van der Waals surface area contributed by atoms with Gasteiger partial charge in [-0.15, -0.1) is 0 Å². The summed E-state index contributed by atoms with van der Waals surface area (Å²) in [6.45, 7) is 0. The molecule has 116 valence electrons. The van der Waals surface area contributed by atoms with E-state index in [2.05, 4.69) is 0 Å². The first-order chi connectivity index (χ1) is 10.4. The highest BCUT2D eigenvalue weighted by atomic mass is 35.5. The SMILES string of the molecule is CN(C(=O)CC(O)c1ccc(Cl)cc1)c1ccc(F)c(F)c1. The molecule has 1 atom stereocenters. The number of anilines is 1. The summed E-state index contributed by atoms with van der Waals surface area (Å²) in [5.74, 6) is -2.44. The standard InChI is InChI=1S/C16H14ClF2NO2/c1-20(12-6-7-13(18)14(19)8-12)16(22)9-15(21)10-2-4-11(17)5-3-10/h2-8,15,21H,9H2,1H3. The minimum absolute atomic E-state index is 0.183.